The van der Waals surface area contributed by atoms with Crippen molar-refractivity contribution < 1.29 is 4.92 Å². The minimum absolute atomic E-state index is 0.116. The molecular formula is C14H14N2O2S. The van der Waals surface area contributed by atoms with Gasteiger partial charge in [-0.25, -0.2) is 0 Å². The molecule has 0 aromatic heterocycles. The second kappa shape index (κ2) is 5.75. The van der Waals surface area contributed by atoms with Gasteiger partial charge in [0.2, 0.25) is 0 Å². The molecule has 0 radical (unpaired) electrons. The molecule has 0 heterocycles. The van der Waals surface area contributed by atoms with Crippen molar-refractivity contribution in [2.75, 3.05) is 4.72 Å². The summed E-state index contributed by atoms with van der Waals surface area (Å²) in [4.78, 5) is 11.2. The third kappa shape index (κ3) is 3.06. The van der Waals surface area contributed by atoms with Crippen molar-refractivity contribution in [3.8, 4) is 0 Å². The number of aryl methyl sites for hydroxylation is 1. The number of anilines is 1. The number of nitro benzene ring substituents is 1. The molecule has 4 nitrogen and oxygen atoms in total. The van der Waals surface area contributed by atoms with Gasteiger partial charge in [0, 0.05) is 11.8 Å². The summed E-state index contributed by atoms with van der Waals surface area (Å²) < 4.78 is 3.18. The monoisotopic (exact) mass is 274 g/mol. The highest BCUT2D eigenvalue weighted by molar-refractivity contribution is 8.00. The first-order valence-corrected chi connectivity index (χ1v) is 6.63. The smallest absolute Gasteiger partial charge is 0.284 e. The molecule has 2 rings (SSSR count). The van der Waals surface area contributed by atoms with E-state index in [0.29, 0.717) is 4.90 Å². The molecular weight excluding hydrogens is 260 g/mol. The minimum atomic E-state index is -0.368. The van der Waals surface area contributed by atoms with Crippen LogP contribution in [0.2, 0.25) is 0 Å². The van der Waals surface area contributed by atoms with Gasteiger partial charge >= 0.3 is 0 Å². The van der Waals surface area contributed by atoms with Crippen LogP contribution in [-0.2, 0) is 0 Å². The van der Waals surface area contributed by atoms with E-state index in [1.807, 2.05) is 32.0 Å². The molecule has 2 aromatic carbocycles. The first-order valence-electron chi connectivity index (χ1n) is 5.82. The standard InChI is InChI=1S/C14H14N2O2S/c1-10-6-5-7-12(11(10)2)15-19-14-9-4-3-8-13(14)16(17)18/h3-9,15H,1-2H3. The van der Waals surface area contributed by atoms with E-state index < -0.39 is 0 Å². The van der Waals surface area contributed by atoms with Gasteiger partial charge in [-0.15, -0.1) is 0 Å². The topological polar surface area (TPSA) is 55.2 Å². The highest BCUT2D eigenvalue weighted by atomic mass is 32.2. The summed E-state index contributed by atoms with van der Waals surface area (Å²) >= 11 is 1.26. The largest absolute Gasteiger partial charge is 0.325 e. The zero-order valence-corrected chi connectivity index (χ0v) is 11.5. The van der Waals surface area contributed by atoms with E-state index in [1.165, 1.54) is 23.6 Å². The van der Waals surface area contributed by atoms with Crippen LogP contribution in [0.5, 0.6) is 0 Å². The Morgan fingerprint density at radius 2 is 1.84 bits per heavy atom. The molecule has 0 aliphatic carbocycles. The van der Waals surface area contributed by atoms with E-state index in [1.54, 1.807) is 18.2 Å². The number of nitrogens with zero attached hydrogens (tertiary/aromatic N) is 1. The summed E-state index contributed by atoms with van der Waals surface area (Å²) in [5.74, 6) is 0. The molecule has 0 saturated carbocycles. The summed E-state index contributed by atoms with van der Waals surface area (Å²) in [5.41, 5.74) is 3.43. The molecule has 19 heavy (non-hydrogen) atoms. The second-order valence-corrected chi connectivity index (χ2v) is 5.02. The van der Waals surface area contributed by atoms with E-state index in [4.69, 9.17) is 0 Å². The highest BCUT2D eigenvalue weighted by Gasteiger charge is 2.13. The Hall–Kier alpha value is -2.01. The third-order valence-corrected chi connectivity index (χ3v) is 3.82. The second-order valence-electron chi connectivity index (χ2n) is 4.18. The van der Waals surface area contributed by atoms with Crippen LogP contribution in [0.25, 0.3) is 0 Å². The fourth-order valence-electron chi connectivity index (χ4n) is 1.67. The van der Waals surface area contributed by atoms with Gasteiger partial charge < -0.3 is 4.72 Å². The number of nitro groups is 1. The van der Waals surface area contributed by atoms with Crippen LogP contribution in [-0.4, -0.2) is 4.92 Å². The SMILES string of the molecule is Cc1cccc(NSc2ccccc2[N+](=O)[O-])c1C. The van der Waals surface area contributed by atoms with Gasteiger partial charge in [-0.05, 0) is 49.1 Å². The molecule has 0 spiro atoms. The fourth-order valence-corrected chi connectivity index (χ4v) is 2.50. The molecule has 5 heteroatoms. The molecule has 2 aromatic rings. The number of hydrogen-bond donors (Lipinski definition) is 1. The molecule has 98 valence electrons. The summed E-state index contributed by atoms with van der Waals surface area (Å²) in [7, 11) is 0. The molecule has 0 atom stereocenters. The molecule has 1 N–H and O–H groups in total. The highest BCUT2D eigenvalue weighted by Crippen LogP contribution is 2.31. The third-order valence-electron chi connectivity index (χ3n) is 2.94. The predicted molar refractivity (Wildman–Crippen MR) is 78.5 cm³/mol. The van der Waals surface area contributed by atoms with Crippen molar-refractivity contribution in [3.05, 3.63) is 63.7 Å². The number of benzene rings is 2. The first kappa shape index (κ1) is 13.4. The quantitative estimate of drug-likeness (QED) is 0.512. The van der Waals surface area contributed by atoms with Crippen molar-refractivity contribution in [3.63, 3.8) is 0 Å². The minimum Gasteiger partial charge on any atom is -0.325 e. The molecule has 0 unspecified atom stereocenters. The predicted octanol–water partition coefficient (Wildman–Crippen LogP) is 4.33. The Labute approximate surface area is 116 Å². The summed E-state index contributed by atoms with van der Waals surface area (Å²) in [5, 5.41) is 10.9. The lowest BCUT2D eigenvalue weighted by Gasteiger charge is -2.10. The Morgan fingerprint density at radius 1 is 1.11 bits per heavy atom. The molecule has 0 aliphatic rings. The Morgan fingerprint density at radius 3 is 2.58 bits per heavy atom. The van der Waals surface area contributed by atoms with Gasteiger partial charge in [0.05, 0.1) is 4.92 Å². The lowest BCUT2D eigenvalue weighted by atomic mass is 10.1. The van der Waals surface area contributed by atoms with Crippen LogP contribution in [0, 0.1) is 24.0 Å². The summed E-state index contributed by atoms with van der Waals surface area (Å²) in [6, 6.07) is 12.7. The molecule has 0 amide bonds. The number of hydrogen-bond acceptors (Lipinski definition) is 4. The van der Waals surface area contributed by atoms with Gasteiger partial charge in [-0.3, -0.25) is 10.1 Å². The molecule has 0 fully saturated rings. The Balaban J connectivity index is 2.19. The van der Waals surface area contributed by atoms with Crippen molar-refractivity contribution in [1.82, 2.24) is 0 Å². The molecule has 0 bridgehead atoms. The average Bonchev–Trinajstić information content (AvgIpc) is 2.40. The van der Waals surface area contributed by atoms with E-state index in [2.05, 4.69) is 4.72 Å². The Kier molecular flexibility index (Phi) is 4.06. The van der Waals surface area contributed by atoms with E-state index in [-0.39, 0.29) is 10.6 Å². The van der Waals surface area contributed by atoms with Gasteiger partial charge in [0.1, 0.15) is 4.90 Å². The van der Waals surface area contributed by atoms with Gasteiger partial charge in [0.15, 0.2) is 0 Å². The zero-order chi connectivity index (χ0) is 13.8. The van der Waals surface area contributed by atoms with Crippen molar-refractivity contribution in [1.29, 1.82) is 0 Å². The van der Waals surface area contributed by atoms with Crippen LogP contribution in [0.4, 0.5) is 11.4 Å². The summed E-state index contributed by atoms with van der Waals surface area (Å²) in [6.07, 6.45) is 0. The van der Waals surface area contributed by atoms with Gasteiger partial charge in [-0.2, -0.15) is 0 Å². The van der Waals surface area contributed by atoms with E-state index in [9.17, 15) is 10.1 Å². The van der Waals surface area contributed by atoms with Crippen LogP contribution < -0.4 is 4.72 Å². The fraction of sp³-hybridized carbons (Fsp3) is 0.143. The Bertz CT molecular complexity index is 614. The summed E-state index contributed by atoms with van der Waals surface area (Å²) in [6.45, 7) is 4.06. The maximum atomic E-state index is 10.9. The number of nitrogens with one attached hydrogen (secondary N) is 1. The lowest BCUT2D eigenvalue weighted by molar-refractivity contribution is -0.387. The maximum absolute atomic E-state index is 10.9. The van der Waals surface area contributed by atoms with Crippen LogP contribution in [0.15, 0.2) is 47.4 Å². The van der Waals surface area contributed by atoms with Crippen LogP contribution >= 0.6 is 11.9 Å². The molecule has 0 aliphatic heterocycles. The van der Waals surface area contributed by atoms with Gasteiger partial charge in [0.25, 0.3) is 5.69 Å². The van der Waals surface area contributed by atoms with Gasteiger partial charge in [-0.1, -0.05) is 24.3 Å². The van der Waals surface area contributed by atoms with Crippen molar-refractivity contribution in [2.24, 2.45) is 0 Å². The van der Waals surface area contributed by atoms with Crippen molar-refractivity contribution in [2.45, 2.75) is 18.7 Å². The van der Waals surface area contributed by atoms with Crippen molar-refractivity contribution >= 4 is 23.3 Å². The zero-order valence-electron chi connectivity index (χ0n) is 10.7. The van der Waals surface area contributed by atoms with Crippen LogP contribution in [0.3, 0.4) is 0 Å². The maximum Gasteiger partial charge on any atom is 0.284 e. The number of rotatable bonds is 4. The average molecular weight is 274 g/mol. The van der Waals surface area contributed by atoms with E-state index >= 15 is 0 Å². The lowest BCUT2D eigenvalue weighted by Crippen LogP contribution is -1.95. The first-order chi connectivity index (χ1) is 9.09. The van der Waals surface area contributed by atoms with E-state index in [0.717, 1.165) is 11.3 Å². The number of para-hydroxylation sites is 1. The van der Waals surface area contributed by atoms with Crippen LogP contribution in [0.1, 0.15) is 11.1 Å². The normalized spacial score (nSPS) is 10.2. The molecule has 0 saturated heterocycles.